The molecule has 0 atom stereocenters. The van der Waals surface area contributed by atoms with Gasteiger partial charge in [0.2, 0.25) is 5.78 Å². The van der Waals surface area contributed by atoms with E-state index in [1.807, 2.05) is 66.7 Å². The lowest BCUT2D eigenvalue weighted by Gasteiger charge is -2.07. The fourth-order valence-electron chi connectivity index (χ4n) is 4.41. The topological polar surface area (TPSA) is 75.0 Å². The van der Waals surface area contributed by atoms with Crippen molar-refractivity contribution in [3.63, 3.8) is 0 Å². The smallest absolute Gasteiger partial charge is 0.348 e. The van der Waals surface area contributed by atoms with Crippen molar-refractivity contribution in [3.05, 3.63) is 132 Å². The molecule has 6 heteroatoms. The van der Waals surface area contributed by atoms with E-state index < -0.39 is 5.97 Å². The Morgan fingerprint density at radius 2 is 1.59 bits per heavy atom. The molecule has 0 N–H and O–H groups in total. The highest BCUT2D eigenvalue weighted by atomic mass is 16.5. The van der Waals surface area contributed by atoms with E-state index in [4.69, 9.17) is 18.6 Å². The van der Waals surface area contributed by atoms with Crippen molar-refractivity contribution in [2.75, 3.05) is 7.11 Å². The summed E-state index contributed by atoms with van der Waals surface area (Å²) in [4.78, 5) is 26.3. The van der Waals surface area contributed by atoms with Crippen molar-refractivity contribution in [2.24, 2.45) is 0 Å². The third-order valence-corrected chi connectivity index (χ3v) is 6.32. The zero-order valence-corrected chi connectivity index (χ0v) is 20.9. The molecule has 0 saturated heterocycles. The zero-order valence-electron chi connectivity index (χ0n) is 20.9. The van der Waals surface area contributed by atoms with Crippen molar-refractivity contribution in [1.82, 2.24) is 0 Å². The van der Waals surface area contributed by atoms with Crippen LogP contribution in [-0.4, -0.2) is 18.9 Å². The molecular formula is C33H22O6. The van der Waals surface area contributed by atoms with Gasteiger partial charge in [0, 0.05) is 17.0 Å². The Bertz CT molecular complexity index is 1760. The number of carbonyl (C=O) groups excluding carboxylic acids is 2. The van der Waals surface area contributed by atoms with E-state index in [-0.39, 0.29) is 22.9 Å². The van der Waals surface area contributed by atoms with E-state index in [0.717, 1.165) is 11.1 Å². The summed E-state index contributed by atoms with van der Waals surface area (Å²) in [5, 5.41) is 0.571. The third kappa shape index (κ3) is 4.71. The van der Waals surface area contributed by atoms with Crippen molar-refractivity contribution in [1.29, 1.82) is 0 Å². The van der Waals surface area contributed by atoms with E-state index in [0.29, 0.717) is 33.8 Å². The van der Waals surface area contributed by atoms with Crippen LogP contribution in [0.15, 0.2) is 119 Å². The minimum absolute atomic E-state index is 0.194. The van der Waals surface area contributed by atoms with Crippen LogP contribution in [-0.2, 0) is 0 Å². The summed E-state index contributed by atoms with van der Waals surface area (Å²) in [5.74, 6) is 0.899. The number of hydrogen-bond donors (Lipinski definition) is 0. The van der Waals surface area contributed by atoms with Gasteiger partial charge in [-0.1, -0.05) is 72.8 Å². The molecule has 2 heterocycles. The monoisotopic (exact) mass is 514 g/mol. The second-order valence-corrected chi connectivity index (χ2v) is 8.81. The molecule has 0 radical (unpaired) electrons. The maximum atomic E-state index is 13.5. The molecule has 190 valence electrons. The number of Topliss-reactive ketones (excluding diaryl/α,β-unsaturated/α-hetero) is 1. The molecule has 1 aromatic heterocycles. The largest absolute Gasteiger partial charge is 0.497 e. The van der Waals surface area contributed by atoms with E-state index in [2.05, 4.69) is 0 Å². The molecule has 6 nitrogen and oxygen atoms in total. The summed E-state index contributed by atoms with van der Waals surface area (Å²) in [5.41, 5.74) is 2.95. The molecule has 0 saturated carbocycles. The number of esters is 1. The number of fused-ring (bicyclic) bond motifs is 2. The number of methoxy groups -OCH3 is 1. The van der Waals surface area contributed by atoms with Crippen LogP contribution >= 0.6 is 0 Å². The molecule has 0 aliphatic carbocycles. The van der Waals surface area contributed by atoms with Gasteiger partial charge in [0.05, 0.1) is 12.7 Å². The van der Waals surface area contributed by atoms with Crippen molar-refractivity contribution in [3.8, 4) is 28.6 Å². The van der Waals surface area contributed by atoms with Gasteiger partial charge in [-0.3, -0.25) is 4.79 Å². The third-order valence-electron chi connectivity index (χ3n) is 6.32. The zero-order chi connectivity index (χ0) is 26.8. The van der Waals surface area contributed by atoms with Gasteiger partial charge >= 0.3 is 5.97 Å². The van der Waals surface area contributed by atoms with Crippen LogP contribution in [0, 0.1) is 0 Å². The van der Waals surface area contributed by atoms with Crippen LogP contribution in [0.3, 0.4) is 0 Å². The minimum Gasteiger partial charge on any atom is -0.497 e. The first-order valence-corrected chi connectivity index (χ1v) is 12.3. The molecule has 0 bridgehead atoms. The van der Waals surface area contributed by atoms with Crippen LogP contribution < -0.4 is 14.2 Å². The molecule has 0 fully saturated rings. The Balaban J connectivity index is 1.29. The molecule has 0 spiro atoms. The van der Waals surface area contributed by atoms with Crippen molar-refractivity contribution >= 4 is 28.8 Å². The summed E-state index contributed by atoms with van der Waals surface area (Å²) < 4.78 is 23.0. The second-order valence-electron chi connectivity index (χ2n) is 8.81. The van der Waals surface area contributed by atoms with E-state index >= 15 is 0 Å². The van der Waals surface area contributed by atoms with Gasteiger partial charge in [-0.15, -0.1) is 0 Å². The summed E-state index contributed by atoms with van der Waals surface area (Å²) in [7, 11) is 1.56. The lowest BCUT2D eigenvalue weighted by atomic mass is 10.1. The van der Waals surface area contributed by atoms with Crippen LogP contribution in [0.1, 0.15) is 26.3 Å². The Labute approximate surface area is 224 Å². The number of benzene rings is 4. The fourth-order valence-corrected chi connectivity index (χ4v) is 4.41. The molecule has 0 amide bonds. The van der Waals surface area contributed by atoms with Gasteiger partial charge in [-0.05, 0) is 42.0 Å². The van der Waals surface area contributed by atoms with E-state index in [1.165, 1.54) is 6.07 Å². The maximum Gasteiger partial charge on any atom is 0.348 e. The molecule has 4 aromatic carbocycles. The predicted molar refractivity (Wildman–Crippen MR) is 148 cm³/mol. The first-order chi connectivity index (χ1) is 19.1. The lowest BCUT2D eigenvalue weighted by Crippen LogP contribution is -2.09. The van der Waals surface area contributed by atoms with E-state index in [9.17, 15) is 9.59 Å². The number of furan rings is 1. The van der Waals surface area contributed by atoms with Gasteiger partial charge in [0.1, 0.15) is 34.2 Å². The number of allylic oxidation sites excluding steroid dienone is 3. The molecular weight excluding hydrogens is 492 g/mol. The highest BCUT2D eigenvalue weighted by Crippen LogP contribution is 2.38. The summed E-state index contributed by atoms with van der Waals surface area (Å²) in [6, 6.07) is 29.1. The van der Waals surface area contributed by atoms with Crippen LogP contribution in [0.4, 0.5) is 0 Å². The molecule has 6 rings (SSSR count). The Hall–Kier alpha value is -5.36. The number of hydrogen-bond acceptors (Lipinski definition) is 6. The number of rotatable bonds is 6. The van der Waals surface area contributed by atoms with Crippen molar-refractivity contribution in [2.45, 2.75) is 0 Å². The van der Waals surface area contributed by atoms with Crippen LogP contribution in [0.25, 0.3) is 28.4 Å². The second kappa shape index (κ2) is 10.2. The Morgan fingerprint density at radius 3 is 2.36 bits per heavy atom. The Morgan fingerprint density at radius 1 is 0.846 bits per heavy atom. The standard InChI is InChI=1S/C33H22O6/c1-36-23-16-18-27-26(19-23)30(32(39-27)22-12-6-3-7-13-22)33(35)37-24-15-17-25-29(20-24)38-28(31(25)34)14-8-11-21-9-4-2-5-10-21/h2-20H,1H3/b11-8+,28-14-. The lowest BCUT2D eigenvalue weighted by molar-refractivity contribution is 0.0736. The summed E-state index contributed by atoms with van der Waals surface area (Å²) in [6.07, 6.45) is 5.27. The molecule has 0 unspecified atom stereocenters. The molecule has 39 heavy (non-hydrogen) atoms. The van der Waals surface area contributed by atoms with Gasteiger partial charge in [-0.25, -0.2) is 4.79 Å². The predicted octanol–water partition coefficient (Wildman–Crippen LogP) is 7.50. The average molecular weight is 515 g/mol. The van der Waals surface area contributed by atoms with E-state index in [1.54, 1.807) is 49.6 Å². The SMILES string of the molecule is COc1ccc2oc(-c3ccccc3)c(C(=O)Oc3ccc4c(c3)O/C(=C\C=C\c3ccccc3)C4=O)c2c1. The number of carbonyl (C=O) groups is 2. The first kappa shape index (κ1) is 24.0. The molecule has 1 aliphatic rings. The minimum atomic E-state index is -0.605. The quantitative estimate of drug-likeness (QED) is 0.133. The van der Waals surface area contributed by atoms with Gasteiger partial charge in [0.15, 0.2) is 5.76 Å². The highest BCUT2D eigenvalue weighted by molar-refractivity contribution is 6.13. The van der Waals surface area contributed by atoms with Crippen molar-refractivity contribution < 1.29 is 28.2 Å². The van der Waals surface area contributed by atoms with Crippen LogP contribution in [0.5, 0.6) is 17.2 Å². The number of ether oxygens (including phenoxy) is 3. The normalized spacial score (nSPS) is 13.6. The number of ketones is 1. The fraction of sp³-hybridized carbons (Fsp3) is 0.0303. The average Bonchev–Trinajstić information content (AvgIpc) is 3.51. The highest BCUT2D eigenvalue weighted by Gasteiger charge is 2.29. The van der Waals surface area contributed by atoms with Gasteiger partial charge in [-0.2, -0.15) is 0 Å². The van der Waals surface area contributed by atoms with Gasteiger partial charge in [0.25, 0.3) is 0 Å². The van der Waals surface area contributed by atoms with Gasteiger partial charge < -0.3 is 18.6 Å². The Kier molecular flexibility index (Phi) is 6.27. The first-order valence-electron chi connectivity index (χ1n) is 12.3. The summed E-state index contributed by atoms with van der Waals surface area (Å²) >= 11 is 0. The summed E-state index contributed by atoms with van der Waals surface area (Å²) in [6.45, 7) is 0. The maximum absolute atomic E-state index is 13.5. The molecule has 1 aliphatic heterocycles. The van der Waals surface area contributed by atoms with Crippen LogP contribution in [0.2, 0.25) is 0 Å². The molecule has 5 aromatic rings.